The number of amides is 2. The second kappa shape index (κ2) is 9.79. The molecule has 7 nitrogen and oxygen atoms in total. The Labute approximate surface area is 194 Å². The van der Waals surface area contributed by atoms with Crippen LogP contribution in [0.4, 0.5) is 4.79 Å². The summed E-state index contributed by atoms with van der Waals surface area (Å²) in [7, 11) is 1.45. The van der Waals surface area contributed by atoms with E-state index in [1.54, 1.807) is 24.3 Å². The monoisotopic (exact) mass is 463 g/mol. The minimum Gasteiger partial charge on any atom is -0.493 e. The Bertz CT molecular complexity index is 1260. The van der Waals surface area contributed by atoms with E-state index in [1.165, 1.54) is 18.9 Å². The molecule has 4 rings (SSSR count). The first-order valence-corrected chi connectivity index (χ1v) is 11.0. The van der Waals surface area contributed by atoms with Gasteiger partial charge in [0.2, 0.25) is 0 Å². The lowest BCUT2D eigenvalue weighted by molar-refractivity contribution is -0.132. The summed E-state index contributed by atoms with van der Waals surface area (Å²) in [6, 6.07) is 18.5. The zero-order valence-corrected chi connectivity index (χ0v) is 18.9. The zero-order chi connectivity index (χ0) is 23.4. The lowest BCUT2D eigenvalue weighted by atomic mass is 10.1. The van der Waals surface area contributed by atoms with Gasteiger partial charge < -0.3 is 14.2 Å². The second-order valence-corrected chi connectivity index (χ2v) is 8.16. The third kappa shape index (κ3) is 5.01. The number of hydrogen-bond donors (Lipinski definition) is 0. The van der Waals surface area contributed by atoms with E-state index in [-0.39, 0.29) is 30.0 Å². The third-order valence-corrected chi connectivity index (χ3v) is 5.84. The van der Waals surface area contributed by atoms with Crippen LogP contribution in [0.5, 0.6) is 17.2 Å². The molecule has 0 aromatic heterocycles. The van der Waals surface area contributed by atoms with Crippen molar-refractivity contribution in [3.8, 4) is 17.2 Å². The van der Waals surface area contributed by atoms with Crippen molar-refractivity contribution in [3.63, 3.8) is 0 Å². The van der Waals surface area contributed by atoms with Gasteiger partial charge in [0, 0.05) is 12.3 Å². The molecular formula is C25H21NO6S. The molecule has 0 atom stereocenters. The number of benzene rings is 3. The Balaban J connectivity index is 1.44. The predicted molar refractivity (Wildman–Crippen MR) is 126 cm³/mol. The maximum Gasteiger partial charge on any atom is 0.308 e. The maximum atomic E-state index is 12.8. The fourth-order valence-electron chi connectivity index (χ4n) is 3.43. The Morgan fingerprint density at radius 2 is 1.79 bits per heavy atom. The summed E-state index contributed by atoms with van der Waals surface area (Å²) >= 11 is 0.871. The van der Waals surface area contributed by atoms with Gasteiger partial charge in [-0.2, -0.15) is 0 Å². The Morgan fingerprint density at radius 3 is 2.58 bits per heavy atom. The molecule has 1 heterocycles. The molecule has 2 amide bonds. The SMILES string of the molecule is COc1cc(/C=C2\SC(=O)N(CCOc3cccc4ccccc34)C2=O)ccc1OC(C)=O. The average molecular weight is 464 g/mol. The van der Waals surface area contributed by atoms with Crippen LogP contribution in [-0.4, -0.2) is 42.3 Å². The zero-order valence-electron chi connectivity index (χ0n) is 18.1. The Kier molecular flexibility index (Phi) is 6.65. The molecule has 0 N–H and O–H groups in total. The minimum absolute atomic E-state index is 0.139. The van der Waals surface area contributed by atoms with E-state index in [0.717, 1.165) is 22.5 Å². The molecule has 1 aliphatic heterocycles. The van der Waals surface area contributed by atoms with Crippen LogP contribution >= 0.6 is 11.8 Å². The van der Waals surface area contributed by atoms with Gasteiger partial charge in [-0.15, -0.1) is 0 Å². The molecule has 0 saturated carbocycles. The first-order valence-electron chi connectivity index (χ1n) is 10.2. The normalized spacial score (nSPS) is 14.7. The number of hydrogen-bond acceptors (Lipinski definition) is 7. The summed E-state index contributed by atoms with van der Waals surface area (Å²) in [6.45, 7) is 1.62. The summed E-state index contributed by atoms with van der Waals surface area (Å²) in [5.74, 6) is 0.487. The quantitative estimate of drug-likeness (QED) is 0.280. The number of fused-ring (bicyclic) bond motifs is 1. The molecule has 1 saturated heterocycles. The third-order valence-electron chi connectivity index (χ3n) is 4.93. The van der Waals surface area contributed by atoms with Gasteiger partial charge in [-0.1, -0.05) is 42.5 Å². The highest BCUT2D eigenvalue weighted by Crippen LogP contribution is 2.34. The summed E-state index contributed by atoms with van der Waals surface area (Å²) in [5, 5.41) is 1.68. The smallest absolute Gasteiger partial charge is 0.308 e. The number of esters is 1. The number of ether oxygens (including phenoxy) is 3. The van der Waals surface area contributed by atoms with E-state index >= 15 is 0 Å². The summed E-state index contributed by atoms with van der Waals surface area (Å²) < 4.78 is 16.2. The largest absolute Gasteiger partial charge is 0.493 e. The number of imide groups is 1. The molecule has 0 spiro atoms. The molecule has 33 heavy (non-hydrogen) atoms. The summed E-state index contributed by atoms with van der Waals surface area (Å²) in [4.78, 5) is 37.9. The Morgan fingerprint density at radius 1 is 1.00 bits per heavy atom. The van der Waals surface area contributed by atoms with E-state index in [2.05, 4.69) is 0 Å². The first kappa shape index (κ1) is 22.4. The number of rotatable bonds is 7. The fraction of sp³-hybridized carbons (Fsp3) is 0.160. The highest BCUT2D eigenvalue weighted by molar-refractivity contribution is 8.18. The van der Waals surface area contributed by atoms with Gasteiger partial charge in [-0.05, 0) is 47.0 Å². The van der Waals surface area contributed by atoms with Crippen LogP contribution in [0.1, 0.15) is 12.5 Å². The van der Waals surface area contributed by atoms with Crippen molar-refractivity contribution in [1.82, 2.24) is 4.90 Å². The van der Waals surface area contributed by atoms with Crippen LogP contribution in [0.25, 0.3) is 16.8 Å². The van der Waals surface area contributed by atoms with Crippen LogP contribution in [0.2, 0.25) is 0 Å². The summed E-state index contributed by atoms with van der Waals surface area (Å²) in [5.41, 5.74) is 0.639. The van der Waals surface area contributed by atoms with Crippen molar-refractivity contribution in [3.05, 3.63) is 71.1 Å². The average Bonchev–Trinajstić information content (AvgIpc) is 3.07. The lowest BCUT2D eigenvalue weighted by Crippen LogP contribution is -2.32. The van der Waals surface area contributed by atoms with Gasteiger partial charge in [-0.25, -0.2) is 0 Å². The van der Waals surface area contributed by atoms with Crippen molar-refractivity contribution in [2.24, 2.45) is 0 Å². The van der Waals surface area contributed by atoms with Gasteiger partial charge in [0.05, 0.1) is 18.6 Å². The van der Waals surface area contributed by atoms with Crippen molar-refractivity contribution < 1.29 is 28.6 Å². The van der Waals surface area contributed by atoms with Crippen LogP contribution in [0.15, 0.2) is 65.6 Å². The number of thioether (sulfide) groups is 1. The van der Waals surface area contributed by atoms with Crippen molar-refractivity contribution in [1.29, 1.82) is 0 Å². The lowest BCUT2D eigenvalue weighted by Gasteiger charge is -2.14. The number of nitrogens with zero attached hydrogens (tertiary/aromatic N) is 1. The number of carbonyl (C=O) groups excluding carboxylic acids is 3. The number of carbonyl (C=O) groups is 3. The van der Waals surface area contributed by atoms with Crippen LogP contribution in [-0.2, 0) is 9.59 Å². The van der Waals surface area contributed by atoms with Gasteiger partial charge in [0.15, 0.2) is 11.5 Å². The second-order valence-electron chi connectivity index (χ2n) is 7.16. The van der Waals surface area contributed by atoms with Gasteiger partial charge in [0.1, 0.15) is 12.4 Å². The van der Waals surface area contributed by atoms with Gasteiger partial charge >= 0.3 is 5.97 Å². The molecule has 0 unspecified atom stereocenters. The molecule has 0 aliphatic carbocycles. The first-order chi connectivity index (χ1) is 16.0. The van der Waals surface area contributed by atoms with Crippen molar-refractivity contribution >= 4 is 45.7 Å². The minimum atomic E-state index is -0.465. The van der Waals surface area contributed by atoms with E-state index in [0.29, 0.717) is 22.0 Å². The van der Waals surface area contributed by atoms with Crippen LogP contribution in [0, 0.1) is 0 Å². The van der Waals surface area contributed by atoms with E-state index in [9.17, 15) is 14.4 Å². The molecule has 0 radical (unpaired) electrons. The van der Waals surface area contributed by atoms with Crippen molar-refractivity contribution in [2.45, 2.75) is 6.92 Å². The van der Waals surface area contributed by atoms with Crippen LogP contribution < -0.4 is 14.2 Å². The van der Waals surface area contributed by atoms with E-state index in [4.69, 9.17) is 14.2 Å². The molecule has 3 aromatic rings. The van der Waals surface area contributed by atoms with Gasteiger partial charge in [0.25, 0.3) is 11.1 Å². The standard InChI is InChI=1S/C25H21NO6S/c1-16(27)32-21-11-10-17(14-22(21)30-2)15-23-24(28)26(25(29)33-23)12-13-31-20-9-5-7-18-6-3-4-8-19(18)20/h3-11,14-15H,12-13H2,1-2H3/b23-15-. The molecule has 168 valence electrons. The molecule has 0 bridgehead atoms. The fourth-order valence-corrected chi connectivity index (χ4v) is 4.29. The van der Waals surface area contributed by atoms with Crippen LogP contribution in [0.3, 0.4) is 0 Å². The van der Waals surface area contributed by atoms with Crippen molar-refractivity contribution in [2.75, 3.05) is 20.3 Å². The molecule has 1 fully saturated rings. The molecule has 3 aromatic carbocycles. The molecular weight excluding hydrogens is 442 g/mol. The number of methoxy groups -OCH3 is 1. The highest BCUT2D eigenvalue weighted by atomic mass is 32.2. The topological polar surface area (TPSA) is 82.1 Å². The maximum absolute atomic E-state index is 12.8. The molecule has 8 heteroatoms. The highest BCUT2D eigenvalue weighted by Gasteiger charge is 2.34. The van der Waals surface area contributed by atoms with E-state index in [1.807, 2.05) is 42.5 Å². The molecule has 1 aliphatic rings. The van der Waals surface area contributed by atoms with E-state index < -0.39 is 5.97 Å². The van der Waals surface area contributed by atoms with Gasteiger partial charge in [-0.3, -0.25) is 19.3 Å². The summed E-state index contributed by atoms with van der Waals surface area (Å²) in [6.07, 6.45) is 1.61. The Hall–Kier alpha value is -3.78. The predicted octanol–water partition coefficient (Wildman–Crippen LogP) is 4.89.